The molecule has 2 N–H and O–H groups in total. The number of ether oxygens (including phenoxy) is 1. The lowest BCUT2D eigenvalue weighted by Gasteiger charge is -2.38. The molecule has 6 nitrogen and oxygen atoms in total. The van der Waals surface area contributed by atoms with Crippen LogP contribution in [0.3, 0.4) is 0 Å². The number of nitrogens with one attached hydrogen (secondary N) is 1. The summed E-state index contributed by atoms with van der Waals surface area (Å²) in [5.41, 5.74) is 1.68. The normalized spacial score (nSPS) is 20.3. The maximum atomic E-state index is 14.1. The van der Waals surface area contributed by atoms with Gasteiger partial charge in [-0.15, -0.1) is 0 Å². The second-order valence-electron chi connectivity index (χ2n) is 6.77. The van der Waals surface area contributed by atoms with E-state index in [4.69, 9.17) is 4.74 Å². The number of halogens is 1. The summed E-state index contributed by atoms with van der Waals surface area (Å²) in [7, 11) is 1.41. The number of benzene rings is 1. The van der Waals surface area contributed by atoms with Gasteiger partial charge in [-0.25, -0.2) is 4.39 Å². The number of rotatable bonds is 7. The zero-order valence-corrected chi connectivity index (χ0v) is 15.0. The van der Waals surface area contributed by atoms with Crippen LogP contribution < -0.4 is 10.1 Å². The van der Waals surface area contributed by atoms with Crippen LogP contribution in [0, 0.1) is 18.7 Å². The summed E-state index contributed by atoms with van der Waals surface area (Å²) in [5, 5.41) is 16.8. The molecule has 2 aromatic rings. The van der Waals surface area contributed by atoms with Crippen molar-refractivity contribution in [2.45, 2.75) is 44.9 Å². The van der Waals surface area contributed by atoms with Gasteiger partial charge in [-0.1, -0.05) is 6.07 Å². The van der Waals surface area contributed by atoms with E-state index in [2.05, 4.69) is 10.4 Å². The number of aromatic nitrogens is 2. The Hall–Kier alpha value is -2.41. The SMILES string of the molecule is COc1ccc(C(NC(=O)CCn2nccc2C)C2CC(O)C2)cc1F. The van der Waals surface area contributed by atoms with Crippen LogP contribution in [-0.4, -0.2) is 34.0 Å². The molecule has 1 aromatic carbocycles. The zero-order chi connectivity index (χ0) is 18.7. The molecule has 1 heterocycles. The smallest absolute Gasteiger partial charge is 0.222 e. The molecule has 140 valence electrons. The van der Waals surface area contributed by atoms with Crippen LogP contribution in [0.25, 0.3) is 0 Å². The molecular formula is C19H24FN3O3. The summed E-state index contributed by atoms with van der Waals surface area (Å²) in [4.78, 5) is 12.4. The van der Waals surface area contributed by atoms with E-state index in [0.717, 1.165) is 5.69 Å². The summed E-state index contributed by atoms with van der Waals surface area (Å²) in [6.07, 6.45) is 2.82. The van der Waals surface area contributed by atoms with Gasteiger partial charge in [0.1, 0.15) is 0 Å². The fourth-order valence-corrected chi connectivity index (χ4v) is 3.34. The van der Waals surface area contributed by atoms with Crippen LogP contribution in [0.4, 0.5) is 4.39 Å². The van der Waals surface area contributed by atoms with E-state index in [1.54, 1.807) is 23.0 Å². The van der Waals surface area contributed by atoms with Crippen molar-refractivity contribution in [3.8, 4) is 5.75 Å². The number of amides is 1. The van der Waals surface area contributed by atoms with E-state index in [1.165, 1.54) is 13.2 Å². The third-order valence-electron chi connectivity index (χ3n) is 4.95. The van der Waals surface area contributed by atoms with Gasteiger partial charge >= 0.3 is 0 Å². The van der Waals surface area contributed by atoms with Gasteiger partial charge in [0.25, 0.3) is 0 Å². The van der Waals surface area contributed by atoms with Crippen LogP contribution in [0.5, 0.6) is 5.75 Å². The molecule has 1 amide bonds. The first kappa shape index (κ1) is 18.4. The minimum Gasteiger partial charge on any atom is -0.494 e. The summed E-state index contributed by atoms with van der Waals surface area (Å²) < 4.78 is 20.8. The Morgan fingerprint density at radius 1 is 1.46 bits per heavy atom. The number of aliphatic hydroxyl groups excluding tert-OH is 1. The molecule has 1 aliphatic carbocycles. The van der Waals surface area contributed by atoms with Crippen LogP contribution in [0.1, 0.15) is 36.6 Å². The van der Waals surface area contributed by atoms with Crippen molar-refractivity contribution in [1.82, 2.24) is 15.1 Å². The zero-order valence-electron chi connectivity index (χ0n) is 15.0. The molecule has 0 saturated heterocycles. The van der Waals surface area contributed by atoms with Gasteiger partial charge in [0.15, 0.2) is 11.6 Å². The van der Waals surface area contributed by atoms with Gasteiger partial charge in [0.2, 0.25) is 5.91 Å². The third kappa shape index (κ3) is 4.04. The first-order chi connectivity index (χ1) is 12.5. The molecule has 0 spiro atoms. The summed E-state index contributed by atoms with van der Waals surface area (Å²) in [6.45, 7) is 2.42. The minimum absolute atomic E-state index is 0.0909. The van der Waals surface area contributed by atoms with E-state index in [-0.39, 0.29) is 36.1 Å². The predicted octanol–water partition coefficient (Wildman–Crippen LogP) is 2.36. The lowest BCUT2D eigenvalue weighted by Crippen LogP contribution is -2.41. The molecule has 26 heavy (non-hydrogen) atoms. The Labute approximate surface area is 152 Å². The van der Waals surface area contributed by atoms with Crippen LogP contribution in [0.15, 0.2) is 30.5 Å². The number of hydrogen-bond donors (Lipinski definition) is 2. The molecule has 1 unspecified atom stereocenters. The number of carbonyl (C=O) groups excluding carboxylic acids is 1. The quantitative estimate of drug-likeness (QED) is 0.794. The number of carbonyl (C=O) groups is 1. The molecule has 1 atom stereocenters. The number of nitrogens with zero attached hydrogens (tertiary/aromatic N) is 2. The molecule has 7 heteroatoms. The van der Waals surface area contributed by atoms with Crippen molar-refractivity contribution in [3.63, 3.8) is 0 Å². The third-order valence-corrected chi connectivity index (χ3v) is 4.95. The van der Waals surface area contributed by atoms with Crippen molar-refractivity contribution in [2.75, 3.05) is 7.11 Å². The fraction of sp³-hybridized carbons (Fsp3) is 0.474. The highest BCUT2D eigenvalue weighted by Gasteiger charge is 2.36. The van der Waals surface area contributed by atoms with Gasteiger partial charge < -0.3 is 15.2 Å². The van der Waals surface area contributed by atoms with Gasteiger partial charge in [-0.05, 0) is 49.4 Å². The monoisotopic (exact) mass is 361 g/mol. The maximum Gasteiger partial charge on any atom is 0.222 e. The Morgan fingerprint density at radius 3 is 2.81 bits per heavy atom. The molecule has 0 aliphatic heterocycles. The minimum atomic E-state index is -0.462. The highest BCUT2D eigenvalue weighted by Crippen LogP contribution is 2.39. The summed E-state index contributed by atoms with van der Waals surface area (Å²) in [6, 6.07) is 6.27. The Bertz CT molecular complexity index is 771. The van der Waals surface area contributed by atoms with Gasteiger partial charge in [0.05, 0.1) is 19.3 Å². The van der Waals surface area contributed by atoms with Crippen molar-refractivity contribution >= 4 is 5.91 Å². The van der Waals surface area contributed by atoms with Crippen molar-refractivity contribution in [3.05, 3.63) is 47.5 Å². The molecule has 0 bridgehead atoms. The molecule has 1 saturated carbocycles. The number of aliphatic hydroxyl groups is 1. The van der Waals surface area contributed by atoms with Crippen molar-refractivity contribution < 1.29 is 19.0 Å². The molecule has 1 aromatic heterocycles. The van der Waals surface area contributed by atoms with Gasteiger partial charge in [-0.2, -0.15) is 5.10 Å². The van der Waals surface area contributed by atoms with Gasteiger partial charge in [0, 0.05) is 24.9 Å². The predicted molar refractivity (Wildman–Crippen MR) is 94.1 cm³/mol. The number of methoxy groups -OCH3 is 1. The number of hydrogen-bond acceptors (Lipinski definition) is 4. The van der Waals surface area contributed by atoms with E-state index in [1.807, 2.05) is 13.0 Å². The average Bonchev–Trinajstić information content (AvgIpc) is 3.00. The van der Waals surface area contributed by atoms with Gasteiger partial charge in [-0.3, -0.25) is 9.48 Å². The Morgan fingerprint density at radius 2 is 2.23 bits per heavy atom. The van der Waals surface area contributed by atoms with Crippen LogP contribution in [-0.2, 0) is 11.3 Å². The van der Waals surface area contributed by atoms with E-state index >= 15 is 0 Å². The van der Waals surface area contributed by atoms with Crippen molar-refractivity contribution in [1.29, 1.82) is 0 Å². The second-order valence-corrected chi connectivity index (χ2v) is 6.77. The Kier molecular flexibility index (Phi) is 5.56. The molecule has 0 radical (unpaired) electrons. The van der Waals surface area contributed by atoms with E-state index in [9.17, 15) is 14.3 Å². The first-order valence-electron chi connectivity index (χ1n) is 8.77. The Balaban J connectivity index is 1.69. The molecular weight excluding hydrogens is 337 g/mol. The second kappa shape index (κ2) is 7.86. The molecule has 3 rings (SSSR count). The van der Waals surface area contributed by atoms with Crippen LogP contribution in [0.2, 0.25) is 0 Å². The fourth-order valence-electron chi connectivity index (χ4n) is 3.34. The van der Waals surface area contributed by atoms with Crippen LogP contribution >= 0.6 is 0 Å². The summed E-state index contributed by atoms with van der Waals surface area (Å²) in [5.74, 6) is -0.325. The lowest BCUT2D eigenvalue weighted by molar-refractivity contribution is -0.123. The first-order valence-corrected chi connectivity index (χ1v) is 8.77. The molecule has 1 fully saturated rings. The van der Waals surface area contributed by atoms with E-state index < -0.39 is 5.82 Å². The maximum absolute atomic E-state index is 14.1. The number of aryl methyl sites for hydroxylation is 2. The largest absolute Gasteiger partial charge is 0.494 e. The highest BCUT2D eigenvalue weighted by atomic mass is 19.1. The topological polar surface area (TPSA) is 76.4 Å². The average molecular weight is 361 g/mol. The highest BCUT2D eigenvalue weighted by molar-refractivity contribution is 5.76. The summed E-state index contributed by atoms with van der Waals surface area (Å²) >= 11 is 0. The van der Waals surface area contributed by atoms with Crippen molar-refractivity contribution in [2.24, 2.45) is 5.92 Å². The lowest BCUT2D eigenvalue weighted by atomic mass is 9.75. The standard InChI is InChI=1S/C19H24FN3O3/c1-12-5-7-21-23(12)8-6-18(25)22-19(14-9-15(24)10-14)13-3-4-17(26-2)16(20)11-13/h3-5,7,11,14-15,19,24H,6,8-10H2,1-2H3,(H,22,25). The van der Waals surface area contributed by atoms with E-state index in [0.29, 0.717) is 24.9 Å². The molecule has 1 aliphatic rings.